The van der Waals surface area contributed by atoms with Crippen LogP contribution in [0.15, 0.2) is 54.9 Å². The fraction of sp³-hybridized carbons (Fsp3) is 0.143. The number of nitrogens with zero attached hydrogens (tertiary/aromatic N) is 2. The molecule has 1 atom stereocenters. The number of rotatable bonds is 3. The van der Waals surface area contributed by atoms with Crippen molar-refractivity contribution in [1.29, 1.82) is 5.26 Å². The molecular weight excluding hydrogens is 212 g/mol. The molecule has 17 heavy (non-hydrogen) atoms. The van der Waals surface area contributed by atoms with Crippen molar-refractivity contribution in [2.45, 2.75) is 12.3 Å². The van der Waals surface area contributed by atoms with Crippen LogP contribution in [0.4, 0.5) is 0 Å². The highest BCUT2D eigenvalue weighted by molar-refractivity contribution is 5.80. The Labute approximate surface area is 99.9 Å². The van der Waals surface area contributed by atoms with E-state index in [-0.39, 0.29) is 18.2 Å². The smallest absolute Gasteiger partial charge is 0.232 e. The summed E-state index contributed by atoms with van der Waals surface area (Å²) in [5, 5.41) is 9.11. The summed E-state index contributed by atoms with van der Waals surface area (Å²) in [6, 6.07) is 15.2. The van der Waals surface area contributed by atoms with Gasteiger partial charge in [0.15, 0.2) is 0 Å². The van der Waals surface area contributed by atoms with Crippen LogP contribution in [-0.4, -0.2) is 10.5 Å². The van der Waals surface area contributed by atoms with E-state index in [1.807, 2.05) is 30.3 Å². The number of hydrogen-bond donors (Lipinski definition) is 0. The van der Waals surface area contributed by atoms with E-state index in [0.717, 1.165) is 5.56 Å². The summed E-state index contributed by atoms with van der Waals surface area (Å²) in [5.41, 5.74) is 0.885. The third-order valence-corrected chi connectivity index (χ3v) is 2.63. The lowest BCUT2D eigenvalue weighted by Crippen LogP contribution is -2.12. The minimum atomic E-state index is -0.383. The van der Waals surface area contributed by atoms with E-state index in [0.29, 0.717) is 0 Å². The summed E-state index contributed by atoms with van der Waals surface area (Å²) in [6.07, 6.45) is 3.60. The van der Waals surface area contributed by atoms with E-state index >= 15 is 0 Å². The van der Waals surface area contributed by atoms with Crippen molar-refractivity contribution in [3.05, 3.63) is 60.4 Å². The van der Waals surface area contributed by atoms with E-state index in [1.165, 1.54) is 4.57 Å². The zero-order chi connectivity index (χ0) is 12.1. The summed E-state index contributed by atoms with van der Waals surface area (Å²) < 4.78 is 1.51. The molecule has 0 radical (unpaired) electrons. The Hall–Kier alpha value is -2.34. The molecule has 0 saturated carbocycles. The number of nitriles is 1. The predicted octanol–water partition coefficient (Wildman–Crippen LogP) is 2.83. The summed E-state index contributed by atoms with van der Waals surface area (Å²) in [5.74, 6) is -0.448. The lowest BCUT2D eigenvalue weighted by atomic mass is 9.97. The van der Waals surface area contributed by atoms with Gasteiger partial charge in [0, 0.05) is 18.8 Å². The Bertz CT molecular complexity index is 523. The Morgan fingerprint density at radius 1 is 1.18 bits per heavy atom. The van der Waals surface area contributed by atoms with Crippen LogP contribution < -0.4 is 0 Å². The lowest BCUT2D eigenvalue weighted by molar-refractivity contribution is 0.0899. The van der Waals surface area contributed by atoms with E-state index in [2.05, 4.69) is 6.07 Å². The Balaban J connectivity index is 2.12. The molecular formula is C14H12N2O. The van der Waals surface area contributed by atoms with Gasteiger partial charge < -0.3 is 0 Å². The molecule has 0 aliphatic heterocycles. The SMILES string of the molecule is N#C[C@H](CC(=O)n1cccc1)c1ccccc1. The van der Waals surface area contributed by atoms with Crippen LogP contribution in [-0.2, 0) is 0 Å². The normalized spacial score (nSPS) is 11.7. The molecule has 3 nitrogen and oxygen atoms in total. The second-order valence-corrected chi connectivity index (χ2v) is 3.78. The van der Waals surface area contributed by atoms with Crippen LogP contribution >= 0.6 is 0 Å². The third kappa shape index (κ3) is 2.61. The van der Waals surface area contributed by atoms with Crippen LogP contribution in [0, 0.1) is 11.3 Å². The van der Waals surface area contributed by atoms with Gasteiger partial charge in [-0.2, -0.15) is 5.26 Å². The quantitative estimate of drug-likeness (QED) is 0.804. The number of hydrogen-bond acceptors (Lipinski definition) is 2. The molecule has 0 bridgehead atoms. The minimum absolute atomic E-state index is 0.0644. The van der Waals surface area contributed by atoms with Gasteiger partial charge in [0.1, 0.15) is 0 Å². The monoisotopic (exact) mass is 224 g/mol. The summed E-state index contributed by atoms with van der Waals surface area (Å²) in [6.45, 7) is 0. The Morgan fingerprint density at radius 2 is 1.82 bits per heavy atom. The van der Waals surface area contributed by atoms with Gasteiger partial charge >= 0.3 is 0 Å². The average Bonchev–Trinajstić information content (AvgIpc) is 2.90. The first-order chi connectivity index (χ1) is 8.31. The molecule has 2 rings (SSSR count). The molecule has 0 spiro atoms. The maximum Gasteiger partial charge on any atom is 0.232 e. The highest BCUT2D eigenvalue weighted by Crippen LogP contribution is 2.19. The summed E-state index contributed by atoms with van der Waals surface area (Å²) in [4.78, 5) is 11.9. The van der Waals surface area contributed by atoms with Crippen molar-refractivity contribution in [2.75, 3.05) is 0 Å². The molecule has 1 aromatic heterocycles. The van der Waals surface area contributed by atoms with Gasteiger partial charge in [0.25, 0.3) is 0 Å². The number of aromatic nitrogens is 1. The topological polar surface area (TPSA) is 45.8 Å². The zero-order valence-corrected chi connectivity index (χ0v) is 9.28. The zero-order valence-electron chi connectivity index (χ0n) is 9.28. The van der Waals surface area contributed by atoms with E-state index in [1.54, 1.807) is 24.5 Å². The lowest BCUT2D eigenvalue weighted by Gasteiger charge is -2.08. The standard InChI is InChI=1S/C14H12N2O/c15-11-13(12-6-2-1-3-7-12)10-14(17)16-8-4-5-9-16/h1-9,13H,10H2/t13-/m0/s1. The molecule has 0 unspecified atom stereocenters. The van der Waals surface area contributed by atoms with Crippen molar-refractivity contribution in [3.63, 3.8) is 0 Å². The highest BCUT2D eigenvalue weighted by atomic mass is 16.1. The molecule has 1 aromatic carbocycles. The van der Waals surface area contributed by atoms with Crippen molar-refractivity contribution in [1.82, 2.24) is 4.57 Å². The van der Waals surface area contributed by atoms with Gasteiger partial charge in [-0.15, -0.1) is 0 Å². The number of carbonyl (C=O) groups is 1. The van der Waals surface area contributed by atoms with Gasteiger partial charge in [-0.1, -0.05) is 30.3 Å². The fourth-order valence-electron chi connectivity index (χ4n) is 1.70. The Morgan fingerprint density at radius 3 is 2.41 bits per heavy atom. The second-order valence-electron chi connectivity index (χ2n) is 3.78. The molecule has 0 N–H and O–H groups in total. The van der Waals surface area contributed by atoms with Crippen LogP contribution in [0.2, 0.25) is 0 Å². The van der Waals surface area contributed by atoms with Gasteiger partial charge in [-0.25, -0.2) is 0 Å². The first kappa shape index (κ1) is 11.2. The van der Waals surface area contributed by atoms with Crippen LogP contribution in [0.1, 0.15) is 22.7 Å². The molecule has 3 heteroatoms. The van der Waals surface area contributed by atoms with Crippen LogP contribution in [0.5, 0.6) is 0 Å². The predicted molar refractivity (Wildman–Crippen MR) is 64.5 cm³/mol. The van der Waals surface area contributed by atoms with Crippen molar-refractivity contribution >= 4 is 5.91 Å². The van der Waals surface area contributed by atoms with E-state index in [9.17, 15) is 4.79 Å². The molecule has 1 heterocycles. The van der Waals surface area contributed by atoms with E-state index in [4.69, 9.17) is 5.26 Å². The number of benzene rings is 1. The van der Waals surface area contributed by atoms with Gasteiger partial charge in [-0.3, -0.25) is 9.36 Å². The van der Waals surface area contributed by atoms with Gasteiger partial charge in [0.2, 0.25) is 5.91 Å². The minimum Gasteiger partial charge on any atom is -0.295 e. The van der Waals surface area contributed by atoms with Crippen molar-refractivity contribution < 1.29 is 4.79 Å². The first-order valence-corrected chi connectivity index (χ1v) is 5.42. The van der Waals surface area contributed by atoms with E-state index < -0.39 is 0 Å². The second kappa shape index (κ2) is 5.13. The first-order valence-electron chi connectivity index (χ1n) is 5.42. The molecule has 0 aliphatic rings. The van der Waals surface area contributed by atoms with Crippen molar-refractivity contribution in [3.8, 4) is 6.07 Å². The highest BCUT2D eigenvalue weighted by Gasteiger charge is 2.15. The molecule has 0 aliphatic carbocycles. The third-order valence-electron chi connectivity index (χ3n) is 2.63. The number of carbonyl (C=O) groups excluding carboxylic acids is 1. The van der Waals surface area contributed by atoms with Crippen molar-refractivity contribution in [2.24, 2.45) is 0 Å². The fourth-order valence-corrected chi connectivity index (χ4v) is 1.70. The molecule has 0 amide bonds. The van der Waals surface area contributed by atoms with Crippen LogP contribution in [0.3, 0.4) is 0 Å². The van der Waals surface area contributed by atoms with Gasteiger partial charge in [-0.05, 0) is 17.7 Å². The molecule has 0 saturated heterocycles. The average molecular weight is 224 g/mol. The summed E-state index contributed by atoms with van der Waals surface area (Å²) >= 11 is 0. The van der Waals surface area contributed by atoms with Crippen LogP contribution in [0.25, 0.3) is 0 Å². The molecule has 84 valence electrons. The maximum atomic E-state index is 11.9. The maximum absolute atomic E-state index is 11.9. The summed E-state index contributed by atoms with van der Waals surface area (Å²) in [7, 11) is 0. The molecule has 0 fully saturated rings. The molecule has 2 aromatic rings. The largest absolute Gasteiger partial charge is 0.295 e. The Kier molecular flexibility index (Phi) is 3.37. The van der Waals surface area contributed by atoms with Gasteiger partial charge in [0.05, 0.1) is 12.0 Å².